The zero-order valence-corrected chi connectivity index (χ0v) is 8.79. The first-order valence-corrected chi connectivity index (χ1v) is 5.62. The van der Waals surface area contributed by atoms with E-state index >= 15 is 0 Å². The van der Waals surface area contributed by atoms with Crippen molar-refractivity contribution in [1.29, 1.82) is 0 Å². The fourth-order valence-corrected chi connectivity index (χ4v) is 2.94. The van der Waals surface area contributed by atoms with E-state index in [2.05, 4.69) is 12.2 Å². The van der Waals surface area contributed by atoms with Gasteiger partial charge in [0.05, 0.1) is 12.0 Å². The molecule has 0 amide bonds. The Hall–Kier alpha value is -0.790. The number of rotatable bonds is 2. The molecular formula is C12H18O2. The van der Waals surface area contributed by atoms with Crippen molar-refractivity contribution in [2.45, 2.75) is 39.0 Å². The lowest BCUT2D eigenvalue weighted by atomic mass is 9.71. The van der Waals surface area contributed by atoms with Crippen LogP contribution in [0.25, 0.3) is 0 Å². The summed E-state index contributed by atoms with van der Waals surface area (Å²) in [4.78, 5) is 11.9. The van der Waals surface area contributed by atoms with E-state index in [1.54, 1.807) is 0 Å². The van der Waals surface area contributed by atoms with Gasteiger partial charge in [-0.25, -0.2) is 0 Å². The molecule has 2 aliphatic carbocycles. The number of carbonyl (C=O) groups excluding carboxylic acids is 1. The van der Waals surface area contributed by atoms with Crippen LogP contribution >= 0.6 is 0 Å². The van der Waals surface area contributed by atoms with Gasteiger partial charge in [0.25, 0.3) is 0 Å². The number of hydrogen-bond acceptors (Lipinski definition) is 2. The van der Waals surface area contributed by atoms with Gasteiger partial charge in [0.15, 0.2) is 0 Å². The fourth-order valence-electron chi connectivity index (χ4n) is 2.94. The predicted octanol–water partition coefficient (Wildman–Crippen LogP) is 2.69. The molecule has 1 fully saturated rings. The summed E-state index contributed by atoms with van der Waals surface area (Å²) in [6.07, 6.45) is 9.75. The molecule has 2 nitrogen and oxygen atoms in total. The zero-order valence-electron chi connectivity index (χ0n) is 8.79. The second kappa shape index (κ2) is 3.76. The largest absolute Gasteiger partial charge is 0.466 e. The van der Waals surface area contributed by atoms with Gasteiger partial charge in [-0.1, -0.05) is 18.6 Å². The maximum absolute atomic E-state index is 11.9. The van der Waals surface area contributed by atoms with Crippen molar-refractivity contribution in [2.24, 2.45) is 11.3 Å². The fraction of sp³-hybridized carbons (Fsp3) is 0.750. The average molecular weight is 194 g/mol. The van der Waals surface area contributed by atoms with Gasteiger partial charge in [0.1, 0.15) is 0 Å². The maximum Gasteiger partial charge on any atom is 0.312 e. The first kappa shape index (κ1) is 9.75. The van der Waals surface area contributed by atoms with E-state index in [0.717, 1.165) is 19.3 Å². The molecule has 0 saturated heterocycles. The van der Waals surface area contributed by atoms with Crippen molar-refractivity contribution in [3.63, 3.8) is 0 Å². The quantitative estimate of drug-likeness (QED) is 0.499. The van der Waals surface area contributed by atoms with Crippen molar-refractivity contribution >= 4 is 5.97 Å². The van der Waals surface area contributed by atoms with Gasteiger partial charge in [-0.3, -0.25) is 4.79 Å². The normalized spacial score (nSPS) is 35.4. The van der Waals surface area contributed by atoms with Crippen molar-refractivity contribution < 1.29 is 9.53 Å². The molecule has 0 aliphatic heterocycles. The molecule has 0 radical (unpaired) electrons. The van der Waals surface area contributed by atoms with Gasteiger partial charge in [0, 0.05) is 0 Å². The van der Waals surface area contributed by atoms with Crippen molar-refractivity contribution in [2.75, 3.05) is 6.61 Å². The van der Waals surface area contributed by atoms with E-state index in [1.807, 2.05) is 6.92 Å². The Morgan fingerprint density at radius 2 is 2.43 bits per heavy atom. The predicted molar refractivity (Wildman–Crippen MR) is 54.8 cm³/mol. The number of hydrogen-bond donors (Lipinski definition) is 0. The van der Waals surface area contributed by atoms with Crippen LogP contribution < -0.4 is 0 Å². The van der Waals surface area contributed by atoms with Crippen LogP contribution in [0.4, 0.5) is 0 Å². The van der Waals surface area contributed by atoms with Crippen LogP contribution in [-0.2, 0) is 9.53 Å². The average Bonchev–Trinajstić information content (AvgIpc) is 2.62. The molecule has 14 heavy (non-hydrogen) atoms. The Labute approximate surface area is 85.3 Å². The van der Waals surface area contributed by atoms with Crippen molar-refractivity contribution in [3.05, 3.63) is 12.2 Å². The smallest absolute Gasteiger partial charge is 0.312 e. The Morgan fingerprint density at radius 1 is 1.57 bits per heavy atom. The Balaban J connectivity index is 2.18. The highest BCUT2D eigenvalue weighted by molar-refractivity contribution is 5.78. The van der Waals surface area contributed by atoms with Crippen LogP contribution in [0.3, 0.4) is 0 Å². The SMILES string of the molecule is CCOC(=O)[C@]12CC=CC[C@H]1CCC2. The summed E-state index contributed by atoms with van der Waals surface area (Å²) in [5.74, 6) is 0.596. The van der Waals surface area contributed by atoms with E-state index < -0.39 is 0 Å². The third kappa shape index (κ3) is 1.37. The highest BCUT2D eigenvalue weighted by Gasteiger charge is 2.49. The van der Waals surface area contributed by atoms with Crippen LogP contribution in [0, 0.1) is 11.3 Å². The molecule has 0 spiro atoms. The van der Waals surface area contributed by atoms with Crippen LogP contribution in [0.15, 0.2) is 12.2 Å². The van der Waals surface area contributed by atoms with Crippen molar-refractivity contribution in [1.82, 2.24) is 0 Å². The van der Waals surface area contributed by atoms with Gasteiger partial charge in [-0.15, -0.1) is 0 Å². The van der Waals surface area contributed by atoms with Crippen LogP contribution in [0.5, 0.6) is 0 Å². The summed E-state index contributed by atoms with van der Waals surface area (Å²) in [7, 11) is 0. The highest BCUT2D eigenvalue weighted by atomic mass is 16.5. The monoisotopic (exact) mass is 194 g/mol. The molecule has 0 aromatic heterocycles. The minimum atomic E-state index is -0.148. The molecule has 78 valence electrons. The van der Waals surface area contributed by atoms with Crippen LogP contribution in [0.2, 0.25) is 0 Å². The number of esters is 1. The zero-order chi connectivity index (χ0) is 10.0. The maximum atomic E-state index is 11.9. The molecule has 0 aromatic rings. The highest BCUT2D eigenvalue weighted by Crippen LogP contribution is 2.51. The minimum absolute atomic E-state index is 0.0480. The molecule has 2 heteroatoms. The van der Waals surface area contributed by atoms with E-state index in [9.17, 15) is 4.79 Å². The molecule has 2 atom stereocenters. The molecule has 2 aliphatic rings. The molecule has 2 rings (SSSR count). The summed E-state index contributed by atoms with van der Waals surface area (Å²) in [6.45, 7) is 2.40. The molecule has 1 saturated carbocycles. The number of fused-ring (bicyclic) bond motifs is 1. The lowest BCUT2D eigenvalue weighted by Gasteiger charge is -2.34. The van der Waals surface area contributed by atoms with E-state index in [4.69, 9.17) is 4.74 Å². The van der Waals surface area contributed by atoms with Crippen molar-refractivity contribution in [3.8, 4) is 0 Å². The standard InChI is InChI=1S/C12H18O2/c1-2-14-11(13)12-8-4-3-6-10(12)7-5-9-12/h3-4,10H,2,5-9H2,1H3/t10-,12-/m0/s1. The number of carbonyl (C=O) groups is 1. The van der Waals surface area contributed by atoms with Crippen LogP contribution in [0.1, 0.15) is 39.0 Å². The third-order valence-electron chi connectivity index (χ3n) is 3.71. The van der Waals surface area contributed by atoms with Gasteiger partial charge in [0.2, 0.25) is 0 Å². The van der Waals surface area contributed by atoms with Gasteiger partial charge in [-0.05, 0) is 38.5 Å². The lowest BCUT2D eigenvalue weighted by Crippen LogP contribution is -2.37. The summed E-state index contributed by atoms with van der Waals surface area (Å²) in [5.41, 5.74) is -0.148. The molecule has 0 N–H and O–H groups in total. The second-order valence-electron chi connectivity index (χ2n) is 4.38. The topological polar surface area (TPSA) is 26.3 Å². The summed E-state index contributed by atoms with van der Waals surface area (Å²) in [5, 5.41) is 0. The summed E-state index contributed by atoms with van der Waals surface area (Å²) >= 11 is 0. The van der Waals surface area contributed by atoms with Gasteiger partial charge >= 0.3 is 5.97 Å². The van der Waals surface area contributed by atoms with E-state index in [-0.39, 0.29) is 11.4 Å². The third-order valence-corrected chi connectivity index (χ3v) is 3.71. The molecule has 0 aromatic carbocycles. The van der Waals surface area contributed by atoms with E-state index in [1.165, 1.54) is 12.8 Å². The molecular weight excluding hydrogens is 176 g/mol. The van der Waals surface area contributed by atoms with Gasteiger partial charge < -0.3 is 4.74 Å². The molecule has 0 heterocycles. The van der Waals surface area contributed by atoms with E-state index in [0.29, 0.717) is 12.5 Å². The number of allylic oxidation sites excluding steroid dienone is 2. The van der Waals surface area contributed by atoms with Crippen LogP contribution in [-0.4, -0.2) is 12.6 Å². The lowest BCUT2D eigenvalue weighted by molar-refractivity contribution is -0.158. The second-order valence-corrected chi connectivity index (χ2v) is 4.38. The minimum Gasteiger partial charge on any atom is -0.466 e. The Kier molecular flexibility index (Phi) is 2.62. The molecule has 0 bridgehead atoms. The first-order chi connectivity index (χ1) is 6.79. The van der Waals surface area contributed by atoms with Gasteiger partial charge in [-0.2, -0.15) is 0 Å². The number of ether oxygens (including phenoxy) is 1. The summed E-state index contributed by atoms with van der Waals surface area (Å²) < 4.78 is 5.21. The Morgan fingerprint density at radius 3 is 3.21 bits per heavy atom. The summed E-state index contributed by atoms with van der Waals surface area (Å²) in [6, 6.07) is 0. The first-order valence-electron chi connectivity index (χ1n) is 5.62. The molecule has 0 unspecified atom stereocenters. The Bertz CT molecular complexity index is 257.